The molecule has 2 bridgehead atoms. The molecule has 2 fully saturated rings. The molecular formula is C17H23Cl2FN2O. The van der Waals surface area contributed by atoms with Crippen molar-refractivity contribution in [3.63, 3.8) is 0 Å². The average molecular weight is 361 g/mol. The van der Waals surface area contributed by atoms with Crippen LogP contribution in [0.3, 0.4) is 0 Å². The Kier molecular flexibility index (Phi) is 6.29. The van der Waals surface area contributed by atoms with Gasteiger partial charge in [0.25, 0.3) is 0 Å². The van der Waals surface area contributed by atoms with E-state index in [0.717, 1.165) is 18.4 Å². The largest absolute Gasteiger partial charge is 0.350 e. The van der Waals surface area contributed by atoms with Crippen molar-refractivity contribution in [2.45, 2.75) is 57.2 Å². The third kappa shape index (κ3) is 4.59. The number of hydrogen-bond donors (Lipinski definition) is 2. The zero-order chi connectivity index (χ0) is 15.7. The first-order valence-electron chi connectivity index (χ1n) is 8.01. The number of nitrogens with one attached hydrogen (secondary N) is 2. The monoisotopic (exact) mass is 360 g/mol. The number of carbonyl (C=O) groups excluding carboxylic acids is 1. The molecule has 128 valence electrons. The summed E-state index contributed by atoms with van der Waals surface area (Å²) in [7, 11) is 0. The van der Waals surface area contributed by atoms with Crippen LogP contribution in [-0.2, 0) is 4.79 Å². The molecule has 2 aliphatic rings. The Bertz CT molecular complexity index is 558. The molecule has 3 unspecified atom stereocenters. The van der Waals surface area contributed by atoms with Crippen molar-refractivity contribution in [1.82, 2.24) is 10.6 Å². The van der Waals surface area contributed by atoms with Gasteiger partial charge in [-0.25, -0.2) is 4.39 Å². The molecule has 3 nitrogen and oxygen atoms in total. The Morgan fingerprint density at radius 1 is 1.39 bits per heavy atom. The van der Waals surface area contributed by atoms with Gasteiger partial charge in [-0.3, -0.25) is 4.79 Å². The minimum Gasteiger partial charge on any atom is -0.350 e. The molecule has 1 aromatic rings. The second kappa shape index (κ2) is 7.82. The highest BCUT2D eigenvalue weighted by Gasteiger charge is 2.34. The highest BCUT2D eigenvalue weighted by atomic mass is 35.5. The van der Waals surface area contributed by atoms with Crippen molar-refractivity contribution < 1.29 is 9.18 Å². The standard InChI is InChI=1S/C17H22ClFN2O.ClH/c1-10(15-5-2-12(19)9-16(15)18)20-17(22)8-11-6-13-3-4-14(7-11)21-13;/h2,5,9-11,13-14,21H,3-4,6-8H2,1H3,(H,20,22);1H. The zero-order valence-corrected chi connectivity index (χ0v) is 14.7. The van der Waals surface area contributed by atoms with E-state index < -0.39 is 0 Å². The fraction of sp³-hybridized carbons (Fsp3) is 0.588. The van der Waals surface area contributed by atoms with Crippen LogP contribution >= 0.6 is 24.0 Å². The second-order valence-electron chi connectivity index (χ2n) is 6.63. The number of amides is 1. The zero-order valence-electron chi connectivity index (χ0n) is 13.1. The number of piperidine rings is 1. The molecule has 0 saturated carbocycles. The van der Waals surface area contributed by atoms with Gasteiger partial charge in [0.05, 0.1) is 6.04 Å². The topological polar surface area (TPSA) is 41.1 Å². The van der Waals surface area contributed by atoms with Gasteiger partial charge in [-0.2, -0.15) is 0 Å². The first-order valence-corrected chi connectivity index (χ1v) is 8.39. The van der Waals surface area contributed by atoms with Crippen LogP contribution in [0.2, 0.25) is 5.02 Å². The molecule has 3 rings (SSSR count). The highest BCUT2D eigenvalue weighted by Crippen LogP contribution is 2.33. The molecule has 2 heterocycles. The quantitative estimate of drug-likeness (QED) is 0.851. The molecule has 2 saturated heterocycles. The molecule has 23 heavy (non-hydrogen) atoms. The SMILES string of the molecule is CC(NC(=O)CC1CC2CCC(C1)N2)c1ccc(F)cc1Cl.Cl. The highest BCUT2D eigenvalue weighted by molar-refractivity contribution is 6.31. The van der Waals surface area contributed by atoms with Crippen LogP contribution in [0.25, 0.3) is 0 Å². The lowest BCUT2D eigenvalue weighted by Crippen LogP contribution is -2.40. The van der Waals surface area contributed by atoms with Gasteiger partial charge in [0, 0.05) is 23.5 Å². The van der Waals surface area contributed by atoms with Gasteiger partial charge in [-0.05, 0) is 56.2 Å². The van der Waals surface area contributed by atoms with Crippen molar-refractivity contribution in [3.8, 4) is 0 Å². The Labute approximate surface area is 147 Å². The number of fused-ring (bicyclic) bond motifs is 2. The molecule has 0 aliphatic carbocycles. The lowest BCUT2D eigenvalue weighted by atomic mass is 9.89. The third-order valence-electron chi connectivity index (χ3n) is 4.85. The Balaban J connectivity index is 0.00000192. The predicted octanol–water partition coefficient (Wildman–Crippen LogP) is 4.00. The maximum absolute atomic E-state index is 13.1. The van der Waals surface area contributed by atoms with Gasteiger partial charge in [0.1, 0.15) is 5.82 Å². The van der Waals surface area contributed by atoms with Crippen molar-refractivity contribution in [2.24, 2.45) is 5.92 Å². The summed E-state index contributed by atoms with van der Waals surface area (Å²) < 4.78 is 13.1. The molecule has 1 aromatic carbocycles. The Morgan fingerprint density at radius 2 is 2.04 bits per heavy atom. The predicted molar refractivity (Wildman–Crippen MR) is 92.5 cm³/mol. The van der Waals surface area contributed by atoms with Gasteiger partial charge in [0.2, 0.25) is 5.91 Å². The molecule has 2 aliphatic heterocycles. The molecule has 0 spiro atoms. The Morgan fingerprint density at radius 3 is 2.65 bits per heavy atom. The van der Waals surface area contributed by atoms with Crippen molar-refractivity contribution in [2.75, 3.05) is 0 Å². The van der Waals surface area contributed by atoms with E-state index in [2.05, 4.69) is 10.6 Å². The van der Waals surface area contributed by atoms with Gasteiger partial charge in [-0.1, -0.05) is 17.7 Å². The van der Waals surface area contributed by atoms with Crippen LogP contribution in [0, 0.1) is 11.7 Å². The first kappa shape index (κ1) is 18.5. The molecule has 3 atom stereocenters. The summed E-state index contributed by atoms with van der Waals surface area (Å²) in [6, 6.07) is 5.27. The van der Waals surface area contributed by atoms with E-state index >= 15 is 0 Å². The van der Waals surface area contributed by atoms with Crippen molar-refractivity contribution in [1.29, 1.82) is 0 Å². The minimum atomic E-state index is -0.363. The van der Waals surface area contributed by atoms with E-state index in [9.17, 15) is 9.18 Å². The van der Waals surface area contributed by atoms with E-state index in [1.165, 1.54) is 25.0 Å². The number of halogens is 3. The van der Waals surface area contributed by atoms with Gasteiger partial charge >= 0.3 is 0 Å². The van der Waals surface area contributed by atoms with Crippen LogP contribution in [0.4, 0.5) is 4.39 Å². The summed E-state index contributed by atoms with van der Waals surface area (Å²) in [5.74, 6) is 0.159. The minimum absolute atomic E-state index is 0. The summed E-state index contributed by atoms with van der Waals surface area (Å²) >= 11 is 6.05. The molecule has 1 amide bonds. The van der Waals surface area contributed by atoms with Gasteiger partial charge in [-0.15, -0.1) is 12.4 Å². The maximum Gasteiger partial charge on any atom is 0.220 e. The van der Waals surface area contributed by atoms with E-state index in [4.69, 9.17) is 11.6 Å². The van der Waals surface area contributed by atoms with Crippen LogP contribution in [0.1, 0.15) is 50.6 Å². The molecule has 2 N–H and O–H groups in total. The fourth-order valence-corrected chi connectivity index (χ4v) is 4.17. The van der Waals surface area contributed by atoms with Crippen molar-refractivity contribution in [3.05, 3.63) is 34.6 Å². The number of carbonyl (C=O) groups is 1. The van der Waals surface area contributed by atoms with E-state index in [0.29, 0.717) is 29.4 Å². The van der Waals surface area contributed by atoms with E-state index in [-0.39, 0.29) is 30.2 Å². The third-order valence-corrected chi connectivity index (χ3v) is 5.18. The lowest BCUT2D eigenvalue weighted by molar-refractivity contribution is -0.122. The smallest absolute Gasteiger partial charge is 0.220 e. The summed E-state index contributed by atoms with van der Waals surface area (Å²) in [5.41, 5.74) is 0.752. The maximum atomic E-state index is 13.1. The fourth-order valence-electron chi connectivity index (χ4n) is 3.83. The second-order valence-corrected chi connectivity index (χ2v) is 7.04. The van der Waals surface area contributed by atoms with Gasteiger partial charge in [0.15, 0.2) is 0 Å². The molecular weight excluding hydrogens is 338 g/mol. The first-order chi connectivity index (χ1) is 10.5. The van der Waals surface area contributed by atoms with Crippen molar-refractivity contribution >= 4 is 29.9 Å². The lowest BCUT2D eigenvalue weighted by Gasteiger charge is -2.29. The summed E-state index contributed by atoms with van der Waals surface area (Å²) in [4.78, 5) is 12.3. The number of rotatable bonds is 4. The summed E-state index contributed by atoms with van der Waals surface area (Å²) in [6.07, 6.45) is 5.23. The normalized spacial score (nSPS) is 27.2. The van der Waals surface area contributed by atoms with E-state index in [1.54, 1.807) is 6.07 Å². The molecule has 0 aromatic heterocycles. The number of benzene rings is 1. The van der Waals surface area contributed by atoms with Crippen LogP contribution < -0.4 is 10.6 Å². The summed E-state index contributed by atoms with van der Waals surface area (Å²) in [6.45, 7) is 1.88. The molecule has 0 radical (unpaired) electrons. The Hall–Kier alpha value is -0.840. The summed E-state index contributed by atoms with van der Waals surface area (Å²) in [5, 5.41) is 6.93. The number of hydrogen-bond acceptors (Lipinski definition) is 2. The average Bonchev–Trinajstić information content (AvgIpc) is 2.77. The van der Waals surface area contributed by atoms with E-state index in [1.807, 2.05) is 6.92 Å². The van der Waals surface area contributed by atoms with Gasteiger partial charge < -0.3 is 10.6 Å². The van der Waals surface area contributed by atoms with Crippen LogP contribution in [0.15, 0.2) is 18.2 Å². The van der Waals surface area contributed by atoms with Crippen LogP contribution in [0.5, 0.6) is 0 Å². The van der Waals surface area contributed by atoms with Crippen LogP contribution in [-0.4, -0.2) is 18.0 Å². The molecule has 6 heteroatoms.